The van der Waals surface area contributed by atoms with Gasteiger partial charge in [-0.25, -0.2) is 0 Å². The van der Waals surface area contributed by atoms with E-state index in [0.717, 1.165) is 28.1 Å². The van der Waals surface area contributed by atoms with Crippen LogP contribution in [-0.4, -0.2) is 27.9 Å². The molecular weight excluding hydrogens is 320 g/mol. The second-order valence-electron chi connectivity index (χ2n) is 4.85. The van der Waals surface area contributed by atoms with Crippen molar-refractivity contribution >= 4 is 34.1 Å². The van der Waals surface area contributed by atoms with Crippen LogP contribution in [0.3, 0.4) is 0 Å². The van der Waals surface area contributed by atoms with E-state index >= 15 is 0 Å². The maximum Gasteiger partial charge on any atom is 0.230 e. The number of hydrogen-bond acceptors (Lipinski definition) is 7. The van der Waals surface area contributed by atoms with E-state index in [1.165, 1.54) is 23.1 Å². The SMILES string of the molecule is CCC[C@H](C)NC(=O)CSc1nnc(NCc2ccco2)s1. The third-order valence-electron chi connectivity index (χ3n) is 2.86. The highest BCUT2D eigenvalue weighted by Gasteiger charge is 2.10. The van der Waals surface area contributed by atoms with Crippen LogP contribution in [0.15, 0.2) is 27.2 Å². The summed E-state index contributed by atoms with van der Waals surface area (Å²) in [6.45, 7) is 4.70. The summed E-state index contributed by atoms with van der Waals surface area (Å²) in [7, 11) is 0. The van der Waals surface area contributed by atoms with Gasteiger partial charge in [0.05, 0.1) is 18.6 Å². The highest BCUT2D eigenvalue weighted by molar-refractivity contribution is 8.01. The molecule has 0 unspecified atom stereocenters. The van der Waals surface area contributed by atoms with Gasteiger partial charge in [-0.15, -0.1) is 10.2 Å². The number of amides is 1. The molecule has 6 nitrogen and oxygen atoms in total. The summed E-state index contributed by atoms with van der Waals surface area (Å²) in [6.07, 6.45) is 3.70. The lowest BCUT2D eigenvalue weighted by atomic mass is 10.2. The minimum absolute atomic E-state index is 0.0336. The van der Waals surface area contributed by atoms with E-state index in [2.05, 4.69) is 27.8 Å². The van der Waals surface area contributed by atoms with E-state index in [-0.39, 0.29) is 11.9 Å². The quantitative estimate of drug-likeness (QED) is 0.683. The Morgan fingerprint density at radius 1 is 1.50 bits per heavy atom. The number of carbonyl (C=O) groups is 1. The third-order valence-corrected chi connectivity index (χ3v) is 4.87. The summed E-state index contributed by atoms with van der Waals surface area (Å²) >= 11 is 2.84. The Morgan fingerprint density at radius 2 is 2.36 bits per heavy atom. The van der Waals surface area contributed by atoms with Gasteiger partial charge in [0.15, 0.2) is 4.34 Å². The van der Waals surface area contributed by atoms with E-state index in [9.17, 15) is 4.79 Å². The Morgan fingerprint density at radius 3 is 3.09 bits per heavy atom. The van der Waals surface area contributed by atoms with Gasteiger partial charge in [-0.05, 0) is 25.5 Å². The standard InChI is InChI=1S/C14H20N4O2S2/c1-3-5-10(2)16-12(19)9-21-14-18-17-13(22-14)15-8-11-6-4-7-20-11/h4,6-7,10H,3,5,8-9H2,1-2H3,(H,15,17)(H,16,19)/t10-/m0/s1. The molecule has 0 aliphatic carbocycles. The minimum Gasteiger partial charge on any atom is -0.467 e. The van der Waals surface area contributed by atoms with Crippen molar-refractivity contribution in [3.8, 4) is 0 Å². The average Bonchev–Trinajstić information content (AvgIpc) is 3.15. The largest absolute Gasteiger partial charge is 0.467 e. The number of hydrogen-bond donors (Lipinski definition) is 2. The van der Waals surface area contributed by atoms with E-state index in [1.807, 2.05) is 19.1 Å². The van der Waals surface area contributed by atoms with Gasteiger partial charge in [0, 0.05) is 6.04 Å². The first-order valence-electron chi connectivity index (χ1n) is 7.19. The predicted octanol–water partition coefficient (Wildman–Crippen LogP) is 3.14. The fraction of sp³-hybridized carbons (Fsp3) is 0.500. The predicted molar refractivity (Wildman–Crippen MR) is 89.2 cm³/mol. The number of thioether (sulfide) groups is 1. The van der Waals surface area contributed by atoms with Crippen LogP contribution in [0.2, 0.25) is 0 Å². The third kappa shape index (κ3) is 5.69. The van der Waals surface area contributed by atoms with Crippen LogP contribution in [-0.2, 0) is 11.3 Å². The lowest BCUT2D eigenvalue weighted by Crippen LogP contribution is -2.33. The maximum absolute atomic E-state index is 11.8. The van der Waals surface area contributed by atoms with E-state index < -0.39 is 0 Å². The van der Waals surface area contributed by atoms with Crippen molar-refractivity contribution in [2.24, 2.45) is 0 Å². The highest BCUT2D eigenvalue weighted by atomic mass is 32.2. The average molecular weight is 340 g/mol. The molecule has 0 aromatic carbocycles. The Bertz CT molecular complexity index is 571. The molecule has 2 rings (SSSR count). The summed E-state index contributed by atoms with van der Waals surface area (Å²) in [4.78, 5) is 11.8. The Kier molecular flexibility index (Phi) is 6.73. The second-order valence-corrected chi connectivity index (χ2v) is 7.05. The van der Waals surface area contributed by atoms with Gasteiger partial charge >= 0.3 is 0 Å². The van der Waals surface area contributed by atoms with E-state index in [1.54, 1.807) is 6.26 Å². The van der Waals surface area contributed by atoms with E-state index in [0.29, 0.717) is 12.3 Å². The zero-order valence-corrected chi connectivity index (χ0v) is 14.3. The van der Waals surface area contributed by atoms with Gasteiger partial charge in [-0.2, -0.15) is 0 Å². The minimum atomic E-state index is 0.0336. The molecule has 22 heavy (non-hydrogen) atoms. The first-order valence-corrected chi connectivity index (χ1v) is 8.99. The molecule has 0 radical (unpaired) electrons. The summed E-state index contributed by atoms with van der Waals surface area (Å²) in [5, 5.41) is 14.9. The maximum atomic E-state index is 11.8. The molecule has 120 valence electrons. The number of carbonyl (C=O) groups excluding carboxylic acids is 1. The molecule has 0 spiro atoms. The normalized spacial score (nSPS) is 12.1. The first-order chi connectivity index (χ1) is 10.7. The van der Waals surface area contributed by atoms with Crippen LogP contribution in [0.5, 0.6) is 0 Å². The molecule has 0 saturated carbocycles. The van der Waals surface area contributed by atoms with Gasteiger partial charge < -0.3 is 15.1 Å². The van der Waals surface area contributed by atoms with Crippen molar-refractivity contribution in [2.45, 2.75) is 43.6 Å². The lowest BCUT2D eigenvalue weighted by molar-refractivity contribution is -0.119. The van der Waals surface area contributed by atoms with Crippen molar-refractivity contribution in [3.05, 3.63) is 24.2 Å². The van der Waals surface area contributed by atoms with Gasteiger partial charge in [0.25, 0.3) is 0 Å². The molecule has 0 aliphatic heterocycles. The van der Waals surface area contributed by atoms with E-state index in [4.69, 9.17) is 4.42 Å². The van der Waals surface area contributed by atoms with Gasteiger partial charge in [0.2, 0.25) is 11.0 Å². The zero-order valence-electron chi connectivity index (χ0n) is 12.7. The second kappa shape index (κ2) is 8.79. The number of furan rings is 1. The van der Waals surface area contributed by atoms with Gasteiger partial charge in [-0.1, -0.05) is 36.4 Å². The van der Waals surface area contributed by atoms with Crippen LogP contribution in [0.1, 0.15) is 32.4 Å². The summed E-state index contributed by atoms with van der Waals surface area (Å²) < 4.78 is 6.01. The van der Waals surface area contributed by atoms with Crippen molar-refractivity contribution in [1.29, 1.82) is 0 Å². The zero-order chi connectivity index (χ0) is 15.8. The molecule has 1 amide bonds. The van der Waals surface area contributed by atoms with Crippen LogP contribution in [0.25, 0.3) is 0 Å². The molecule has 2 aromatic rings. The number of aromatic nitrogens is 2. The fourth-order valence-electron chi connectivity index (χ4n) is 1.86. The number of nitrogens with one attached hydrogen (secondary N) is 2. The fourth-order valence-corrected chi connectivity index (χ4v) is 3.42. The highest BCUT2D eigenvalue weighted by Crippen LogP contribution is 2.25. The summed E-state index contributed by atoms with van der Waals surface area (Å²) in [5.74, 6) is 1.24. The summed E-state index contributed by atoms with van der Waals surface area (Å²) in [6, 6.07) is 3.96. The molecule has 2 N–H and O–H groups in total. The smallest absolute Gasteiger partial charge is 0.230 e. The topological polar surface area (TPSA) is 80.0 Å². The van der Waals surface area contributed by atoms with Gasteiger partial charge in [0.1, 0.15) is 5.76 Å². The van der Waals surface area contributed by atoms with Crippen LogP contribution >= 0.6 is 23.1 Å². The molecule has 1 atom stereocenters. The molecule has 0 aliphatic rings. The van der Waals surface area contributed by atoms with Crippen molar-refractivity contribution in [2.75, 3.05) is 11.1 Å². The molecule has 0 bridgehead atoms. The molecule has 8 heteroatoms. The van der Waals surface area contributed by atoms with Crippen LogP contribution < -0.4 is 10.6 Å². The van der Waals surface area contributed by atoms with Gasteiger partial charge in [-0.3, -0.25) is 4.79 Å². The summed E-state index contributed by atoms with van der Waals surface area (Å²) in [5.41, 5.74) is 0. The number of anilines is 1. The van der Waals surface area contributed by atoms with Crippen LogP contribution in [0, 0.1) is 0 Å². The van der Waals surface area contributed by atoms with Crippen molar-refractivity contribution in [1.82, 2.24) is 15.5 Å². The first kappa shape index (κ1) is 16.8. The molecule has 2 heterocycles. The van der Waals surface area contributed by atoms with Crippen molar-refractivity contribution < 1.29 is 9.21 Å². The van der Waals surface area contributed by atoms with Crippen molar-refractivity contribution in [3.63, 3.8) is 0 Å². The Balaban J connectivity index is 1.71. The monoisotopic (exact) mass is 340 g/mol. The van der Waals surface area contributed by atoms with Crippen LogP contribution in [0.4, 0.5) is 5.13 Å². The lowest BCUT2D eigenvalue weighted by Gasteiger charge is -2.11. The number of nitrogens with zero attached hydrogens (tertiary/aromatic N) is 2. The Labute approximate surface area is 138 Å². The molecular formula is C14H20N4O2S2. The number of rotatable bonds is 9. The molecule has 2 aromatic heterocycles. The molecule has 0 fully saturated rings. The Hall–Kier alpha value is -1.54. The molecule has 0 saturated heterocycles.